The number of nitrogens with zero attached hydrogens (tertiary/aromatic N) is 1. The van der Waals surface area contributed by atoms with Gasteiger partial charge >= 0.3 is 0 Å². The number of hydrogen-bond acceptors (Lipinski definition) is 4. The highest BCUT2D eigenvalue weighted by Gasteiger charge is 2.52. The van der Waals surface area contributed by atoms with Crippen LogP contribution in [0, 0.1) is 0 Å². The van der Waals surface area contributed by atoms with E-state index in [-0.39, 0.29) is 0 Å². The maximum absolute atomic E-state index is 7.01. The van der Waals surface area contributed by atoms with Crippen molar-refractivity contribution in [3.05, 3.63) is 281 Å². The van der Waals surface area contributed by atoms with Crippen molar-refractivity contribution < 1.29 is 9.15 Å². The normalized spacial score (nSPS) is 14.6. The summed E-state index contributed by atoms with van der Waals surface area (Å²) >= 11 is 1.87. The SMILES string of the molecule is c1ccc2c(c1)Oc1ccc(N(c3ccc4c(c3)C3(c5ccccc5S4)c4ccccc4-c4ccccc43)c3cccc4oc5ccc6ccccc6c5c34)cc1C21c2ccccc2-c2ccccc21. The number of furan rings is 1. The molecule has 16 rings (SSSR count). The minimum Gasteiger partial charge on any atom is -0.457 e. The number of hydrogen-bond donors (Lipinski definition) is 0. The Morgan fingerprint density at radius 3 is 1.56 bits per heavy atom. The summed E-state index contributed by atoms with van der Waals surface area (Å²) in [5.74, 6) is 1.73. The van der Waals surface area contributed by atoms with Crippen molar-refractivity contribution in [2.75, 3.05) is 4.90 Å². The van der Waals surface area contributed by atoms with Gasteiger partial charge < -0.3 is 14.1 Å². The highest BCUT2D eigenvalue weighted by Crippen LogP contribution is 2.65. The van der Waals surface area contributed by atoms with E-state index in [9.17, 15) is 0 Å². The standard InChI is InChI=1S/C66H39NO2S/c1-2-17-43-40(16-1)32-35-60-63(43)64-56(28-15-30-59(64)69-60)67(41-33-36-58-54(38-41)65(52-26-11-13-29-57(52)68-58)48-22-7-3-18-44(48)45-19-4-8-23-49(45)65)42-34-37-62-55(39-42)66(53-27-12-14-31-61(53)70-62)50-24-9-5-20-46(50)47-21-6-10-25-51(47)66/h1-39H. The molecule has 0 N–H and O–H groups in total. The molecular weight excluding hydrogens is 871 g/mol. The summed E-state index contributed by atoms with van der Waals surface area (Å²) in [6.45, 7) is 0. The quantitative estimate of drug-likeness (QED) is 0.176. The Bertz CT molecular complexity index is 3950. The van der Waals surface area contributed by atoms with Gasteiger partial charge in [-0.1, -0.05) is 182 Å². The van der Waals surface area contributed by atoms with Crippen LogP contribution in [0.2, 0.25) is 0 Å². The lowest BCUT2D eigenvalue weighted by Gasteiger charge is -2.41. The van der Waals surface area contributed by atoms with Crippen LogP contribution in [0.15, 0.2) is 251 Å². The van der Waals surface area contributed by atoms with Crippen molar-refractivity contribution in [3.8, 4) is 33.8 Å². The highest BCUT2D eigenvalue weighted by molar-refractivity contribution is 7.99. The molecule has 0 atom stereocenters. The van der Waals surface area contributed by atoms with Crippen LogP contribution in [0.25, 0.3) is 55.0 Å². The Kier molecular flexibility index (Phi) is 7.69. The number of anilines is 3. The molecule has 12 aromatic rings. The van der Waals surface area contributed by atoms with Crippen LogP contribution in [0.5, 0.6) is 11.5 Å². The van der Waals surface area contributed by atoms with Gasteiger partial charge in [-0.15, -0.1) is 0 Å². The van der Waals surface area contributed by atoms with Crippen LogP contribution in [0.4, 0.5) is 17.1 Å². The smallest absolute Gasteiger partial charge is 0.137 e. The average Bonchev–Trinajstić information content (AvgIpc) is 4.05. The van der Waals surface area contributed by atoms with Gasteiger partial charge in [-0.25, -0.2) is 0 Å². The molecule has 326 valence electrons. The molecule has 0 saturated carbocycles. The van der Waals surface area contributed by atoms with Crippen molar-refractivity contribution in [1.29, 1.82) is 0 Å². The van der Waals surface area contributed by atoms with Gasteiger partial charge in [0.15, 0.2) is 0 Å². The number of rotatable bonds is 3. The Morgan fingerprint density at radius 2 is 0.857 bits per heavy atom. The summed E-state index contributed by atoms with van der Waals surface area (Å²) in [5, 5.41) is 4.52. The van der Waals surface area contributed by atoms with Gasteiger partial charge in [0.05, 0.1) is 21.9 Å². The Hall–Kier alpha value is -8.57. The van der Waals surface area contributed by atoms with E-state index in [0.717, 1.165) is 67.0 Å². The van der Waals surface area contributed by atoms with E-state index < -0.39 is 10.8 Å². The fraction of sp³-hybridized carbons (Fsp3) is 0.0303. The molecule has 3 heterocycles. The number of benzene rings is 11. The monoisotopic (exact) mass is 909 g/mol. The van der Waals surface area contributed by atoms with Gasteiger partial charge in [0.25, 0.3) is 0 Å². The van der Waals surface area contributed by atoms with Crippen LogP contribution in [0.1, 0.15) is 44.5 Å². The first-order chi connectivity index (χ1) is 34.7. The van der Waals surface area contributed by atoms with E-state index >= 15 is 0 Å². The van der Waals surface area contributed by atoms with Crippen molar-refractivity contribution in [2.24, 2.45) is 0 Å². The molecule has 0 amide bonds. The van der Waals surface area contributed by atoms with E-state index in [0.29, 0.717) is 0 Å². The molecular formula is C66H39NO2S. The molecule has 2 aliphatic heterocycles. The molecule has 2 aliphatic carbocycles. The zero-order chi connectivity index (χ0) is 45.7. The van der Waals surface area contributed by atoms with Crippen molar-refractivity contribution in [2.45, 2.75) is 20.6 Å². The van der Waals surface area contributed by atoms with Gasteiger partial charge in [0.1, 0.15) is 22.7 Å². The second-order valence-corrected chi connectivity index (χ2v) is 20.1. The predicted molar refractivity (Wildman–Crippen MR) is 285 cm³/mol. The van der Waals surface area contributed by atoms with Crippen molar-refractivity contribution in [1.82, 2.24) is 0 Å². The molecule has 70 heavy (non-hydrogen) atoms. The van der Waals surface area contributed by atoms with Crippen LogP contribution in [-0.2, 0) is 10.8 Å². The third kappa shape index (κ3) is 4.81. The van der Waals surface area contributed by atoms with Crippen LogP contribution < -0.4 is 9.64 Å². The molecule has 0 bridgehead atoms. The van der Waals surface area contributed by atoms with Crippen LogP contribution >= 0.6 is 11.8 Å². The van der Waals surface area contributed by atoms with Crippen molar-refractivity contribution >= 4 is 61.5 Å². The van der Waals surface area contributed by atoms with Crippen LogP contribution in [-0.4, -0.2) is 0 Å². The molecule has 0 saturated heterocycles. The van der Waals surface area contributed by atoms with Crippen LogP contribution in [0.3, 0.4) is 0 Å². The second kappa shape index (κ2) is 14.0. The third-order valence-corrected chi connectivity index (χ3v) is 16.9. The van der Waals surface area contributed by atoms with Gasteiger partial charge in [-0.3, -0.25) is 0 Å². The highest BCUT2D eigenvalue weighted by atomic mass is 32.2. The summed E-state index contributed by atoms with van der Waals surface area (Å²) in [5.41, 5.74) is 18.7. The first kappa shape index (κ1) is 38.4. The summed E-state index contributed by atoms with van der Waals surface area (Å²) in [6.07, 6.45) is 0. The Balaban J connectivity index is 1.02. The zero-order valence-electron chi connectivity index (χ0n) is 37.7. The minimum atomic E-state index is -0.638. The van der Waals surface area contributed by atoms with Gasteiger partial charge in [0, 0.05) is 37.7 Å². The van der Waals surface area contributed by atoms with E-state index in [1.165, 1.54) is 70.8 Å². The predicted octanol–water partition coefficient (Wildman–Crippen LogP) is 17.5. The number of fused-ring (bicyclic) bond motifs is 23. The molecule has 0 fully saturated rings. The first-order valence-corrected chi connectivity index (χ1v) is 24.9. The zero-order valence-corrected chi connectivity index (χ0v) is 38.5. The lowest BCUT2D eigenvalue weighted by atomic mass is 9.66. The molecule has 11 aromatic carbocycles. The number of ether oxygens (including phenoxy) is 1. The summed E-state index contributed by atoms with van der Waals surface area (Å²) in [7, 11) is 0. The molecule has 3 nitrogen and oxygen atoms in total. The summed E-state index contributed by atoms with van der Waals surface area (Å²) < 4.78 is 13.8. The summed E-state index contributed by atoms with van der Waals surface area (Å²) in [6, 6.07) is 87.3. The number of para-hydroxylation sites is 1. The Morgan fingerprint density at radius 1 is 0.343 bits per heavy atom. The summed E-state index contributed by atoms with van der Waals surface area (Å²) in [4.78, 5) is 5.03. The molecule has 4 heteroatoms. The lowest BCUT2D eigenvalue weighted by Crippen LogP contribution is -2.32. The maximum Gasteiger partial charge on any atom is 0.137 e. The lowest BCUT2D eigenvalue weighted by molar-refractivity contribution is 0.436. The molecule has 4 aliphatic rings. The van der Waals surface area contributed by atoms with Gasteiger partial charge in [-0.05, 0) is 133 Å². The van der Waals surface area contributed by atoms with E-state index in [1.54, 1.807) is 0 Å². The van der Waals surface area contributed by atoms with E-state index in [2.05, 4.69) is 241 Å². The fourth-order valence-corrected chi connectivity index (χ4v) is 14.3. The minimum absolute atomic E-state index is 0.550. The fourth-order valence-electron chi connectivity index (χ4n) is 13.1. The maximum atomic E-state index is 7.01. The van der Waals surface area contributed by atoms with E-state index in [4.69, 9.17) is 9.15 Å². The Labute approximate surface area is 408 Å². The second-order valence-electron chi connectivity index (χ2n) is 19.0. The molecule has 0 radical (unpaired) electrons. The third-order valence-electron chi connectivity index (χ3n) is 15.8. The van der Waals surface area contributed by atoms with E-state index in [1.807, 2.05) is 11.8 Å². The van der Waals surface area contributed by atoms with Gasteiger partial charge in [0.2, 0.25) is 0 Å². The largest absolute Gasteiger partial charge is 0.457 e. The van der Waals surface area contributed by atoms with Gasteiger partial charge in [-0.2, -0.15) is 0 Å². The molecule has 1 aromatic heterocycles. The average molecular weight is 910 g/mol. The first-order valence-electron chi connectivity index (χ1n) is 24.1. The van der Waals surface area contributed by atoms with Crippen molar-refractivity contribution in [3.63, 3.8) is 0 Å². The molecule has 2 spiro atoms. The topological polar surface area (TPSA) is 25.6 Å². The molecule has 0 unspecified atom stereocenters.